The third kappa shape index (κ3) is 2.44. The number of nitrogens with two attached hydrogens (primary N) is 1. The minimum absolute atomic E-state index is 0.182. The van der Waals surface area contributed by atoms with Gasteiger partial charge in [0.25, 0.3) is 0 Å². The molecule has 0 saturated carbocycles. The van der Waals surface area contributed by atoms with E-state index in [1.807, 2.05) is 18.2 Å². The highest BCUT2D eigenvalue weighted by atomic mass is 35.5. The second-order valence-electron chi connectivity index (χ2n) is 5.09. The van der Waals surface area contributed by atoms with Crippen molar-refractivity contribution >= 4 is 17.5 Å². The summed E-state index contributed by atoms with van der Waals surface area (Å²) in [6.45, 7) is 2.93. The van der Waals surface area contributed by atoms with Crippen LogP contribution in [0.5, 0.6) is 0 Å². The van der Waals surface area contributed by atoms with Crippen molar-refractivity contribution in [3.05, 3.63) is 34.9 Å². The zero-order valence-electron chi connectivity index (χ0n) is 10.7. The summed E-state index contributed by atoms with van der Waals surface area (Å²) in [5, 5.41) is 0.749. The smallest absolute Gasteiger partial charge is 0.284 e. The summed E-state index contributed by atoms with van der Waals surface area (Å²) >= 11 is 6.00. The van der Waals surface area contributed by atoms with Gasteiger partial charge in [0.05, 0.1) is 13.5 Å². The summed E-state index contributed by atoms with van der Waals surface area (Å²) in [5.74, 6) is 0.182. The number of nitrogens with zero attached hydrogens (tertiary/aromatic N) is 1. The monoisotopic (exact) mass is 267 g/mol. The van der Waals surface area contributed by atoms with Crippen molar-refractivity contribution in [3.63, 3.8) is 0 Å². The van der Waals surface area contributed by atoms with E-state index in [0.717, 1.165) is 30.8 Å². The molecule has 1 aromatic carbocycles. The van der Waals surface area contributed by atoms with Gasteiger partial charge in [-0.3, -0.25) is 5.73 Å². The van der Waals surface area contributed by atoms with Crippen molar-refractivity contribution in [2.24, 2.45) is 5.73 Å². The van der Waals surface area contributed by atoms with Gasteiger partial charge in [0.15, 0.2) is 0 Å². The van der Waals surface area contributed by atoms with Crippen LogP contribution in [0.25, 0.3) is 0 Å². The van der Waals surface area contributed by atoms with Crippen LogP contribution in [0.3, 0.4) is 0 Å². The minimum Gasteiger partial charge on any atom is -0.284 e. The Morgan fingerprint density at radius 3 is 2.94 bits per heavy atom. The molecular weight excluding hydrogens is 248 g/mol. The van der Waals surface area contributed by atoms with Gasteiger partial charge < -0.3 is 0 Å². The Labute approximate surface area is 113 Å². The number of halogens is 1. The molecule has 1 fully saturated rings. The molecule has 1 aliphatic heterocycles. The summed E-state index contributed by atoms with van der Waals surface area (Å²) in [5.41, 5.74) is 7.06. The molecule has 4 heteroatoms. The van der Waals surface area contributed by atoms with Crippen LogP contribution in [-0.4, -0.2) is 29.6 Å². The molecule has 0 spiro atoms. The van der Waals surface area contributed by atoms with E-state index in [2.05, 4.69) is 6.07 Å². The van der Waals surface area contributed by atoms with Crippen LogP contribution >= 0.6 is 11.6 Å². The van der Waals surface area contributed by atoms with E-state index in [-0.39, 0.29) is 5.91 Å². The van der Waals surface area contributed by atoms with Gasteiger partial charge >= 0.3 is 5.91 Å². The van der Waals surface area contributed by atoms with Gasteiger partial charge in [0, 0.05) is 24.3 Å². The van der Waals surface area contributed by atoms with Gasteiger partial charge in [-0.1, -0.05) is 23.7 Å². The number of likely N-dealkylation sites (tertiary alicyclic amines) is 1. The Morgan fingerprint density at radius 1 is 1.56 bits per heavy atom. The third-order valence-electron chi connectivity index (χ3n) is 4.11. The summed E-state index contributed by atoms with van der Waals surface area (Å²) in [6.07, 6.45) is 3.00. The molecule has 1 heterocycles. The predicted octanol–water partition coefficient (Wildman–Crippen LogP) is 2.32. The normalized spacial score (nSPS) is 27.4. The lowest BCUT2D eigenvalue weighted by Gasteiger charge is -2.35. The van der Waals surface area contributed by atoms with Crippen molar-refractivity contribution < 1.29 is 9.28 Å². The lowest BCUT2D eigenvalue weighted by molar-refractivity contribution is -0.865. The van der Waals surface area contributed by atoms with Gasteiger partial charge in [-0.05, 0) is 17.7 Å². The lowest BCUT2D eigenvalue weighted by atomic mass is 10.0. The third-order valence-corrected chi connectivity index (χ3v) is 4.34. The maximum Gasteiger partial charge on any atom is 0.311 e. The van der Waals surface area contributed by atoms with E-state index < -0.39 is 0 Å². The number of amides is 1. The Kier molecular flexibility index (Phi) is 4.05. The molecule has 18 heavy (non-hydrogen) atoms. The molecule has 2 atom stereocenters. The molecule has 3 nitrogen and oxygen atoms in total. The highest BCUT2D eigenvalue weighted by molar-refractivity contribution is 6.30. The van der Waals surface area contributed by atoms with Crippen molar-refractivity contribution in [2.45, 2.75) is 32.2 Å². The molecule has 1 amide bonds. The van der Waals surface area contributed by atoms with Crippen LogP contribution in [-0.2, 0) is 11.2 Å². The van der Waals surface area contributed by atoms with Crippen molar-refractivity contribution in [1.29, 1.82) is 0 Å². The van der Waals surface area contributed by atoms with Crippen LogP contribution < -0.4 is 5.73 Å². The Hall–Kier alpha value is -0.900. The first-order valence-electron chi connectivity index (χ1n) is 6.41. The number of rotatable bonds is 3. The standard InChI is InChI=1S/C14H20ClN2O/c1-11(18)17(10-16)7-3-6-14(17)9-12-4-2-5-13(15)8-12/h2,4-5,8,14H,3,6-7,9-10,16H2,1H3/q+1. The zero-order chi connectivity index (χ0) is 13.2. The Morgan fingerprint density at radius 2 is 2.33 bits per heavy atom. The number of carbonyl (C=O) groups is 1. The molecule has 0 bridgehead atoms. The van der Waals surface area contributed by atoms with Gasteiger partial charge in [0.1, 0.15) is 12.7 Å². The largest absolute Gasteiger partial charge is 0.311 e. The van der Waals surface area contributed by atoms with Crippen LogP contribution in [0.1, 0.15) is 25.3 Å². The van der Waals surface area contributed by atoms with Crippen LogP contribution in [0.4, 0.5) is 0 Å². The van der Waals surface area contributed by atoms with E-state index in [4.69, 9.17) is 17.3 Å². The number of quaternary nitrogens is 1. The quantitative estimate of drug-likeness (QED) is 0.854. The Bertz CT molecular complexity index is 449. The van der Waals surface area contributed by atoms with Crippen LogP contribution in [0, 0.1) is 0 Å². The fourth-order valence-corrected chi connectivity index (χ4v) is 3.25. The van der Waals surface area contributed by atoms with E-state index in [9.17, 15) is 4.79 Å². The minimum atomic E-state index is 0.182. The fraction of sp³-hybridized carbons (Fsp3) is 0.500. The highest BCUT2D eigenvalue weighted by Gasteiger charge is 2.44. The van der Waals surface area contributed by atoms with E-state index in [1.54, 1.807) is 6.92 Å². The first-order valence-corrected chi connectivity index (χ1v) is 6.78. The van der Waals surface area contributed by atoms with E-state index >= 15 is 0 Å². The maximum atomic E-state index is 11.9. The SMILES string of the molecule is CC(=O)[N+]1(CN)CCCC1Cc1cccc(Cl)c1. The summed E-state index contributed by atoms with van der Waals surface area (Å²) in [6, 6.07) is 8.17. The topological polar surface area (TPSA) is 43.1 Å². The molecular formula is C14H20ClN2O+. The molecule has 1 saturated heterocycles. The first kappa shape index (κ1) is 13.5. The molecule has 98 valence electrons. The molecule has 2 rings (SSSR count). The molecule has 1 aromatic rings. The van der Waals surface area contributed by atoms with E-state index in [1.165, 1.54) is 5.56 Å². The number of hydrogen-bond acceptors (Lipinski definition) is 2. The Balaban J connectivity index is 2.20. The van der Waals surface area contributed by atoms with Crippen molar-refractivity contribution in [2.75, 3.05) is 13.2 Å². The lowest BCUT2D eigenvalue weighted by Crippen LogP contribution is -2.58. The van der Waals surface area contributed by atoms with Crippen molar-refractivity contribution in [1.82, 2.24) is 0 Å². The number of carbonyl (C=O) groups excluding carboxylic acids is 1. The molecule has 0 radical (unpaired) electrons. The molecule has 1 aliphatic rings. The van der Waals surface area contributed by atoms with Gasteiger partial charge in [-0.2, -0.15) is 0 Å². The number of benzene rings is 1. The van der Waals surface area contributed by atoms with Crippen LogP contribution in [0.2, 0.25) is 5.02 Å². The first-order chi connectivity index (χ1) is 8.58. The molecule has 0 aromatic heterocycles. The van der Waals surface area contributed by atoms with Crippen molar-refractivity contribution in [3.8, 4) is 0 Å². The van der Waals surface area contributed by atoms with Gasteiger partial charge in [0.2, 0.25) is 0 Å². The predicted molar refractivity (Wildman–Crippen MR) is 73.0 cm³/mol. The average molecular weight is 268 g/mol. The molecule has 2 unspecified atom stereocenters. The highest BCUT2D eigenvalue weighted by Crippen LogP contribution is 2.29. The summed E-state index contributed by atoms with van der Waals surface area (Å²) in [4.78, 5) is 11.9. The maximum absolute atomic E-state index is 11.9. The number of hydrogen-bond donors (Lipinski definition) is 1. The van der Waals surface area contributed by atoms with E-state index in [0.29, 0.717) is 17.2 Å². The second-order valence-corrected chi connectivity index (χ2v) is 5.53. The second kappa shape index (κ2) is 5.39. The fourth-order valence-electron chi connectivity index (χ4n) is 3.04. The van der Waals surface area contributed by atoms with Crippen LogP contribution in [0.15, 0.2) is 24.3 Å². The molecule has 0 aliphatic carbocycles. The van der Waals surface area contributed by atoms with Gasteiger partial charge in [-0.15, -0.1) is 0 Å². The average Bonchev–Trinajstić information content (AvgIpc) is 2.73. The summed E-state index contributed by atoms with van der Waals surface area (Å²) in [7, 11) is 0. The summed E-state index contributed by atoms with van der Waals surface area (Å²) < 4.78 is 0.423. The van der Waals surface area contributed by atoms with Gasteiger partial charge in [-0.25, -0.2) is 9.28 Å². The molecule has 2 N–H and O–H groups in total. The zero-order valence-corrected chi connectivity index (χ0v) is 11.5.